The number of benzene rings is 3. The van der Waals surface area contributed by atoms with Crippen molar-refractivity contribution in [2.24, 2.45) is 0 Å². The van der Waals surface area contributed by atoms with Gasteiger partial charge >= 0.3 is 12.1 Å². The van der Waals surface area contributed by atoms with Gasteiger partial charge in [0.25, 0.3) is 0 Å². The van der Waals surface area contributed by atoms with E-state index in [1.54, 1.807) is 102 Å². The minimum Gasteiger partial charge on any atom is -0.508 e. The van der Waals surface area contributed by atoms with Gasteiger partial charge in [-0.2, -0.15) is 5.26 Å². The smallest absolute Gasteiger partial charge is 0.408 e. The molecule has 3 aromatic carbocycles. The molecule has 3 atom stereocenters. The van der Waals surface area contributed by atoms with Crippen LogP contribution in [0.1, 0.15) is 69.8 Å². The number of esters is 1. The number of hydrogen-bond acceptors (Lipinski definition) is 8. The first kappa shape index (κ1) is 38.6. The maximum absolute atomic E-state index is 14.6. The van der Waals surface area contributed by atoms with Gasteiger partial charge in [-0.15, -0.1) is 6.42 Å². The lowest BCUT2D eigenvalue weighted by Gasteiger charge is -2.34. The number of hydrogen-bond donors (Lipinski definition) is 3. The van der Waals surface area contributed by atoms with Crippen LogP contribution < -0.4 is 10.6 Å². The summed E-state index contributed by atoms with van der Waals surface area (Å²) in [7, 11) is 0. The Balaban J connectivity index is 2.13. The molecule has 3 aromatic rings. The number of aromatic hydroxyl groups is 1. The standard InChI is InChI=1S/C39H44N4O7/c1-8-28-16-12-13-17-30(28)33(34(45)41-32(36(47)49-38(2,3)4)25-26-14-10-9-11-15-26)43(23-22-40)35(46)31(42-37(48)50-39(5,6)7)24-27-18-20-29(44)21-19-27/h1,9-21,31-33,44H,23-25H2,2-7H3,(H,41,45)(H,42,48). The quantitative estimate of drug-likeness (QED) is 0.137. The summed E-state index contributed by atoms with van der Waals surface area (Å²) >= 11 is 0. The molecule has 0 saturated carbocycles. The van der Waals surface area contributed by atoms with Gasteiger partial charge in [0.15, 0.2) is 0 Å². The molecule has 3 N–H and O–H groups in total. The van der Waals surface area contributed by atoms with Crippen molar-refractivity contribution in [2.45, 2.75) is 83.7 Å². The first-order chi connectivity index (χ1) is 23.5. The van der Waals surface area contributed by atoms with Gasteiger partial charge in [0.2, 0.25) is 11.8 Å². The average Bonchev–Trinajstić information content (AvgIpc) is 3.03. The van der Waals surface area contributed by atoms with Gasteiger partial charge in [-0.1, -0.05) is 66.6 Å². The summed E-state index contributed by atoms with van der Waals surface area (Å²) in [4.78, 5) is 56.6. The Kier molecular flexibility index (Phi) is 13.2. The van der Waals surface area contributed by atoms with Crippen molar-refractivity contribution in [1.29, 1.82) is 5.26 Å². The van der Waals surface area contributed by atoms with Gasteiger partial charge in [-0.05, 0) is 76.4 Å². The summed E-state index contributed by atoms with van der Waals surface area (Å²) < 4.78 is 11.1. The molecular weight excluding hydrogens is 636 g/mol. The Labute approximate surface area is 293 Å². The number of carbonyl (C=O) groups excluding carboxylic acids is 4. The van der Waals surface area contributed by atoms with Gasteiger partial charge in [0.05, 0.1) is 6.07 Å². The Morgan fingerprint density at radius 1 is 0.800 bits per heavy atom. The molecule has 50 heavy (non-hydrogen) atoms. The van der Waals surface area contributed by atoms with Crippen molar-refractivity contribution in [1.82, 2.24) is 15.5 Å². The first-order valence-electron chi connectivity index (χ1n) is 16.1. The third-order valence-corrected chi connectivity index (χ3v) is 7.15. The largest absolute Gasteiger partial charge is 0.508 e. The summed E-state index contributed by atoms with van der Waals surface area (Å²) in [6, 6.07) is 19.4. The predicted octanol–water partition coefficient (Wildman–Crippen LogP) is 4.97. The minimum atomic E-state index is -1.52. The highest BCUT2D eigenvalue weighted by atomic mass is 16.6. The molecule has 11 heteroatoms. The van der Waals surface area contributed by atoms with Crippen molar-refractivity contribution >= 4 is 23.9 Å². The van der Waals surface area contributed by atoms with Gasteiger partial charge in [-0.25, -0.2) is 9.59 Å². The lowest BCUT2D eigenvalue weighted by Crippen LogP contribution is -2.55. The molecule has 0 heterocycles. The van der Waals surface area contributed by atoms with Crippen LogP contribution in [-0.4, -0.2) is 63.7 Å². The molecule has 0 radical (unpaired) electrons. The second-order valence-corrected chi connectivity index (χ2v) is 13.6. The lowest BCUT2D eigenvalue weighted by molar-refractivity contribution is -0.159. The SMILES string of the molecule is C#Cc1ccccc1C(C(=O)NC(Cc1ccccc1)C(=O)OC(C)(C)C)N(CC#N)C(=O)C(Cc1ccc(O)cc1)NC(=O)OC(C)(C)C. The van der Waals surface area contributed by atoms with Gasteiger partial charge in [0, 0.05) is 18.4 Å². The van der Waals surface area contributed by atoms with Crippen molar-refractivity contribution in [3.63, 3.8) is 0 Å². The summed E-state index contributed by atoms with van der Waals surface area (Å²) in [5.41, 5.74) is 0.0298. The fraction of sp³-hybridized carbons (Fsp3) is 0.359. The number of amides is 3. The number of terminal acetylenes is 1. The van der Waals surface area contributed by atoms with Crippen LogP contribution in [0.25, 0.3) is 0 Å². The van der Waals surface area contributed by atoms with E-state index >= 15 is 0 Å². The zero-order valence-corrected chi connectivity index (χ0v) is 29.2. The number of nitrogens with zero attached hydrogens (tertiary/aromatic N) is 2. The summed E-state index contributed by atoms with van der Waals surface area (Å²) in [6.07, 6.45) is 4.93. The zero-order valence-electron chi connectivity index (χ0n) is 29.2. The Hall–Kier alpha value is -5.81. The predicted molar refractivity (Wildman–Crippen MR) is 187 cm³/mol. The van der Waals surface area contributed by atoms with Gasteiger partial charge < -0.3 is 30.1 Å². The van der Waals surface area contributed by atoms with Crippen LogP contribution in [0.2, 0.25) is 0 Å². The number of carbonyl (C=O) groups is 4. The van der Waals surface area contributed by atoms with Crippen LogP contribution in [0, 0.1) is 23.7 Å². The molecule has 0 aromatic heterocycles. The maximum Gasteiger partial charge on any atom is 0.408 e. The molecule has 11 nitrogen and oxygen atoms in total. The third kappa shape index (κ3) is 11.7. The summed E-state index contributed by atoms with van der Waals surface area (Å²) in [5, 5.41) is 25.2. The molecule has 3 rings (SSSR count). The topological polar surface area (TPSA) is 158 Å². The van der Waals surface area contributed by atoms with Crippen LogP contribution in [-0.2, 0) is 36.7 Å². The van der Waals surface area contributed by atoms with Crippen LogP contribution in [0.3, 0.4) is 0 Å². The molecule has 0 aliphatic rings. The van der Waals surface area contributed by atoms with Crippen molar-refractivity contribution in [3.8, 4) is 24.2 Å². The molecule has 262 valence electrons. The molecular formula is C39H44N4O7. The van der Waals surface area contributed by atoms with Gasteiger partial charge in [0.1, 0.15) is 41.6 Å². The second kappa shape index (κ2) is 17.0. The number of ether oxygens (including phenoxy) is 2. The van der Waals surface area contributed by atoms with E-state index in [1.807, 2.05) is 12.1 Å². The number of nitriles is 1. The molecule has 3 unspecified atom stereocenters. The van der Waals surface area contributed by atoms with E-state index in [0.29, 0.717) is 5.56 Å². The summed E-state index contributed by atoms with van der Waals surface area (Å²) in [6.45, 7) is 9.53. The van der Waals surface area contributed by atoms with Crippen molar-refractivity contribution < 1.29 is 33.8 Å². The third-order valence-electron chi connectivity index (χ3n) is 7.15. The van der Waals surface area contributed by atoms with Crippen LogP contribution in [0.5, 0.6) is 5.75 Å². The number of rotatable bonds is 12. The monoisotopic (exact) mass is 680 g/mol. The molecule has 0 aliphatic heterocycles. The maximum atomic E-state index is 14.6. The Morgan fingerprint density at radius 2 is 1.36 bits per heavy atom. The fourth-order valence-electron chi connectivity index (χ4n) is 5.07. The first-order valence-corrected chi connectivity index (χ1v) is 16.1. The lowest BCUT2D eigenvalue weighted by atomic mass is 9.96. The Morgan fingerprint density at radius 3 is 1.94 bits per heavy atom. The highest BCUT2D eigenvalue weighted by Crippen LogP contribution is 2.27. The van der Waals surface area contributed by atoms with E-state index in [0.717, 1.165) is 10.5 Å². The number of phenolic OH excluding ortho intramolecular Hbond substituents is 1. The summed E-state index contributed by atoms with van der Waals surface area (Å²) in [5.74, 6) is 0.241. The van der Waals surface area contributed by atoms with E-state index in [-0.39, 0.29) is 29.7 Å². The van der Waals surface area contributed by atoms with Crippen LogP contribution in [0.15, 0.2) is 78.9 Å². The highest BCUT2D eigenvalue weighted by molar-refractivity contribution is 5.94. The number of alkyl carbamates (subject to hydrolysis) is 1. The Bertz CT molecular complexity index is 1730. The molecule has 0 spiro atoms. The second-order valence-electron chi connectivity index (χ2n) is 13.6. The molecule has 0 bridgehead atoms. The van der Waals surface area contributed by atoms with Crippen molar-refractivity contribution in [2.75, 3.05) is 6.54 Å². The molecule has 3 amide bonds. The van der Waals surface area contributed by atoms with E-state index < -0.39 is 59.7 Å². The fourth-order valence-corrected chi connectivity index (χ4v) is 5.07. The minimum absolute atomic E-state index is 0.000468. The van der Waals surface area contributed by atoms with Gasteiger partial charge in [-0.3, -0.25) is 9.59 Å². The van der Waals surface area contributed by atoms with E-state index in [1.165, 1.54) is 12.1 Å². The number of nitrogens with one attached hydrogen (secondary N) is 2. The molecule has 0 saturated heterocycles. The molecule has 0 aliphatic carbocycles. The normalized spacial score (nSPS) is 13.0. The van der Waals surface area contributed by atoms with E-state index in [9.17, 15) is 29.5 Å². The van der Waals surface area contributed by atoms with E-state index in [2.05, 4.69) is 16.6 Å². The zero-order chi connectivity index (χ0) is 37.1. The average molecular weight is 681 g/mol. The van der Waals surface area contributed by atoms with Crippen molar-refractivity contribution in [3.05, 3.63) is 101 Å². The van der Waals surface area contributed by atoms with E-state index in [4.69, 9.17) is 15.9 Å². The number of phenols is 1. The van der Waals surface area contributed by atoms with Crippen LogP contribution in [0.4, 0.5) is 4.79 Å². The highest BCUT2D eigenvalue weighted by Gasteiger charge is 2.39. The van der Waals surface area contributed by atoms with Crippen LogP contribution >= 0.6 is 0 Å². The molecule has 0 fully saturated rings.